The summed E-state index contributed by atoms with van der Waals surface area (Å²) in [5, 5.41) is 16.4. The van der Waals surface area contributed by atoms with Gasteiger partial charge >= 0.3 is 5.97 Å². The Balaban J connectivity index is 1.50. The van der Waals surface area contributed by atoms with E-state index < -0.39 is 0 Å². The van der Waals surface area contributed by atoms with Gasteiger partial charge < -0.3 is 9.30 Å². The highest BCUT2D eigenvalue weighted by Gasteiger charge is 2.21. The van der Waals surface area contributed by atoms with Crippen LogP contribution in [0.5, 0.6) is 0 Å². The number of imidazole rings is 1. The zero-order valence-corrected chi connectivity index (χ0v) is 19.8. The molecule has 9 heteroatoms. The molecule has 0 radical (unpaired) electrons. The first kappa shape index (κ1) is 22.0. The van der Waals surface area contributed by atoms with Crippen LogP contribution in [0.1, 0.15) is 40.8 Å². The molecule has 34 heavy (non-hydrogen) atoms. The fourth-order valence-corrected chi connectivity index (χ4v) is 5.02. The van der Waals surface area contributed by atoms with E-state index in [0.717, 1.165) is 58.4 Å². The summed E-state index contributed by atoms with van der Waals surface area (Å²) in [5.41, 5.74) is 5.85. The van der Waals surface area contributed by atoms with E-state index in [0.29, 0.717) is 17.2 Å². The van der Waals surface area contributed by atoms with Crippen molar-refractivity contribution in [1.29, 1.82) is 0 Å². The maximum Gasteiger partial charge on any atom is 0.350 e. The van der Waals surface area contributed by atoms with E-state index in [1.165, 1.54) is 18.4 Å². The van der Waals surface area contributed by atoms with E-state index in [2.05, 4.69) is 62.4 Å². The Labute approximate surface area is 200 Å². The van der Waals surface area contributed by atoms with Crippen LogP contribution in [-0.2, 0) is 17.7 Å². The average molecular weight is 473 g/mol. The number of aromatic nitrogens is 6. The Morgan fingerprint density at radius 2 is 1.91 bits per heavy atom. The Bertz CT molecular complexity index is 1420. The molecule has 0 atom stereocenters. The molecular weight excluding hydrogens is 448 g/mol. The van der Waals surface area contributed by atoms with Crippen molar-refractivity contribution in [2.45, 2.75) is 32.7 Å². The fourth-order valence-electron chi connectivity index (χ4n) is 4.12. The van der Waals surface area contributed by atoms with Crippen LogP contribution >= 0.6 is 11.3 Å². The molecular formula is C25H24N6O2S. The van der Waals surface area contributed by atoms with Gasteiger partial charge in [-0.2, -0.15) is 5.21 Å². The van der Waals surface area contributed by atoms with Crippen molar-refractivity contribution in [3.05, 3.63) is 70.2 Å². The Hall–Kier alpha value is -3.85. The van der Waals surface area contributed by atoms with Crippen LogP contribution in [-0.4, -0.2) is 43.3 Å². The molecule has 0 spiro atoms. The highest BCUT2D eigenvalue weighted by atomic mass is 32.1. The lowest BCUT2D eigenvalue weighted by atomic mass is 9.98. The monoisotopic (exact) mass is 472 g/mol. The highest BCUT2D eigenvalue weighted by molar-refractivity contribution is 7.13. The summed E-state index contributed by atoms with van der Waals surface area (Å²) in [4.78, 5) is 17.8. The number of rotatable bonds is 8. The molecule has 3 heterocycles. The maximum atomic E-state index is 12.4. The number of aryl methyl sites for hydroxylation is 1. The Morgan fingerprint density at radius 3 is 2.62 bits per heavy atom. The SMILES string of the molecule is CCCCc1nc2csc(C(=O)OC)c2n1Cc1ccc(-c2ccccc2-c2nn[nH]n2)cc1. The number of esters is 1. The van der Waals surface area contributed by atoms with Crippen LogP contribution < -0.4 is 0 Å². The van der Waals surface area contributed by atoms with Gasteiger partial charge in [-0.1, -0.05) is 61.9 Å². The molecule has 1 N–H and O–H groups in total. The number of carbonyl (C=O) groups excluding carboxylic acids is 1. The number of tetrazole rings is 1. The number of carbonyl (C=O) groups is 1. The summed E-state index contributed by atoms with van der Waals surface area (Å²) in [5.74, 6) is 1.24. The molecule has 172 valence electrons. The molecule has 0 amide bonds. The van der Waals surface area contributed by atoms with Gasteiger partial charge in [0.1, 0.15) is 16.2 Å². The minimum Gasteiger partial charge on any atom is -0.465 e. The number of H-pyrrole nitrogens is 1. The molecule has 0 saturated carbocycles. The van der Waals surface area contributed by atoms with Gasteiger partial charge in [-0.05, 0) is 28.3 Å². The summed E-state index contributed by atoms with van der Waals surface area (Å²) in [6.45, 7) is 2.79. The van der Waals surface area contributed by atoms with Crippen molar-refractivity contribution in [3.63, 3.8) is 0 Å². The highest BCUT2D eigenvalue weighted by Crippen LogP contribution is 2.31. The van der Waals surface area contributed by atoms with Gasteiger partial charge in [0.2, 0.25) is 5.82 Å². The number of nitrogens with one attached hydrogen (secondary N) is 1. The number of hydrogen-bond acceptors (Lipinski definition) is 7. The summed E-state index contributed by atoms with van der Waals surface area (Å²) in [7, 11) is 1.41. The largest absolute Gasteiger partial charge is 0.465 e. The van der Waals surface area contributed by atoms with Crippen molar-refractivity contribution in [3.8, 4) is 22.5 Å². The molecule has 0 unspecified atom stereocenters. The second-order valence-electron chi connectivity index (χ2n) is 7.99. The van der Waals surface area contributed by atoms with E-state index in [-0.39, 0.29) is 5.97 Å². The van der Waals surface area contributed by atoms with Crippen LogP contribution in [0.15, 0.2) is 53.9 Å². The molecule has 0 aliphatic heterocycles. The number of unbranched alkanes of at least 4 members (excludes halogenated alkanes) is 1. The number of ether oxygens (including phenoxy) is 1. The second kappa shape index (κ2) is 9.56. The fraction of sp³-hybridized carbons (Fsp3) is 0.240. The molecule has 3 aromatic heterocycles. The number of hydrogen-bond donors (Lipinski definition) is 1. The number of nitrogens with zero attached hydrogens (tertiary/aromatic N) is 5. The normalized spacial score (nSPS) is 11.2. The van der Waals surface area contributed by atoms with Crippen molar-refractivity contribution in [2.24, 2.45) is 0 Å². The quantitative estimate of drug-likeness (QED) is 0.315. The zero-order chi connectivity index (χ0) is 23.5. The van der Waals surface area contributed by atoms with Gasteiger partial charge in [0.25, 0.3) is 0 Å². The van der Waals surface area contributed by atoms with E-state index in [4.69, 9.17) is 9.72 Å². The first-order valence-corrected chi connectivity index (χ1v) is 12.0. The number of methoxy groups -OCH3 is 1. The van der Waals surface area contributed by atoms with Gasteiger partial charge in [0.15, 0.2) is 0 Å². The topological polar surface area (TPSA) is 98.6 Å². The molecule has 0 aliphatic rings. The summed E-state index contributed by atoms with van der Waals surface area (Å²) in [6.07, 6.45) is 2.99. The number of thiophene rings is 1. The van der Waals surface area contributed by atoms with Crippen LogP contribution in [0.2, 0.25) is 0 Å². The molecule has 0 aliphatic carbocycles. The van der Waals surface area contributed by atoms with Gasteiger partial charge in [0.05, 0.1) is 12.6 Å². The summed E-state index contributed by atoms with van der Waals surface area (Å²) < 4.78 is 7.18. The minimum absolute atomic E-state index is 0.323. The lowest BCUT2D eigenvalue weighted by Crippen LogP contribution is -2.08. The van der Waals surface area contributed by atoms with Gasteiger partial charge in [0, 0.05) is 23.9 Å². The minimum atomic E-state index is -0.323. The molecule has 5 rings (SSSR count). The smallest absolute Gasteiger partial charge is 0.350 e. The Morgan fingerprint density at radius 1 is 1.12 bits per heavy atom. The van der Waals surface area contributed by atoms with Crippen molar-refractivity contribution >= 4 is 28.3 Å². The van der Waals surface area contributed by atoms with Crippen LogP contribution in [0.3, 0.4) is 0 Å². The third-order valence-electron chi connectivity index (χ3n) is 5.82. The van der Waals surface area contributed by atoms with Crippen molar-refractivity contribution < 1.29 is 9.53 Å². The first-order chi connectivity index (χ1) is 16.7. The molecule has 0 bridgehead atoms. The van der Waals surface area contributed by atoms with E-state index >= 15 is 0 Å². The van der Waals surface area contributed by atoms with Gasteiger partial charge in [-0.3, -0.25) is 0 Å². The van der Waals surface area contributed by atoms with Gasteiger partial charge in [-0.15, -0.1) is 21.5 Å². The molecule has 5 aromatic rings. The predicted octanol–water partition coefficient (Wildman–Crippen LogP) is 5.12. The number of benzene rings is 2. The molecule has 0 fully saturated rings. The van der Waals surface area contributed by atoms with Gasteiger partial charge in [-0.25, -0.2) is 9.78 Å². The summed E-state index contributed by atoms with van der Waals surface area (Å²) in [6, 6.07) is 16.4. The van der Waals surface area contributed by atoms with Crippen LogP contribution in [0, 0.1) is 0 Å². The summed E-state index contributed by atoms with van der Waals surface area (Å²) >= 11 is 1.38. The van der Waals surface area contributed by atoms with Crippen LogP contribution in [0.4, 0.5) is 0 Å². The van der Waals surface area contributed by atoms with E-state index in [1.54, 1.807) is 0 Å². The lowest BCUT2D eigenvalue weighted by molar-refractivity contribution is 0.0608. The van der Waals surface area contributed by atoms with Crippen LogP contribution in [0.25, 0.3) is 33.5 Å². The standard InChI is InChI=1S/C25H24N6O2S/c1-3-4-9-21-26-20-15-34-23(25(32)33-2)22(20)31(21)14-16-10-12-17(13-11-16)18-7-5-6-8-19(18)24-27-29-30-28-24/h5-8,10-13,15H,3-4,9,14H2,1-2H3,(H,27,28,29,30). The maximum absolute atomic E-state index is 12.4. The molecule has 8 nitrogen and oxygen atoms in total. The van der Waals surface area contributed by atoms with Crippen molar-refractivity contribution in [1.82, 2.24) is 30.2 Å². The lowest BCUT2D eigenvalue weighted by Gasteiger charge is -2.12. The molecule has 2 aromatic carbocycles. The second-order valence-corrected chi connectivity index (χ2v) is 8.87. The predicted molar refractivity (Wildman–Crippen MR) is 132 cm³/mol. The first-order valence-electron chi connectivity index (χ1n) is 11.2. The third-order valence-corrected chi connectivity index (χ3v) is 6.76. The zero-order valence-electron chi connectivity index (χ0n) is 19.0. The average Bonchev–Trinajstić information content (AvgIpc) is 3.61. The number of fused-ring (bicyclic) bond motifs is 1. The Kier molecular flexibility index (Phi) is 6.18. The van der Waals surface area contributed by atoms with Crippen molar-refractivity contribution in [2.75, 3.05) is 7.11 Å². The number of aromatic amines is 1. The third kappa shape index (κ3) is 4.10. The van der Waals surface area contributed by atoms with E-state index in [1.807, 2.05) is 23.6 Å². The van der Waals surface area contributed by atoms with E-state index in [9.17, 15) is 4.79 Å². The molecule has 0 saturated heterocycles.